The number of hydrogen-bond acceptors (Lipinski definition) is 3. The Morgan fingerprint density at radius 2 is 2.00 bits per heavy atom. The van der Waals surface area contributed by atoms with E-state index in [0.717, 1.165) is 32.5 Å². The Hall–Kier alpha value is -0.810. The Labute approximate surface area is 145 Å². The lowest BCUT2D eigenvalue weighted by molar-refractivity contribution is -0.134. The van der Waals surface area contributed by atoms with Crippen molar-refractivity contribution in [1.29, 1.82) is 0 Å². The van der Waals surface area contributed by atoms with Crippen molar-refractivity contribution in [1.82, 2.24) is 9.80 Å². The van der Waals surface area contributed by atoms with Gasteiger partial charge in [-0.3, -0.25) is 9.69 Å². The number of likely N-dealkylation sites (N-methyl/N-ethyl adjacent to an activating group) is 1. The van der Waals surface area contributed by atoms with Crippen molar-refractivity contribution in [2.75, 3.05) is 20.1 Å². The molecule has 0 spiro atoms. The average Bonchev–Trinajstić information content (AvgIpc) is 2.47. The number of halogens is 2. The molecule has 22 heavy (non-hydrogen) atoms. The largest absolute Gasteiger partial charge is 0.340 e. The summed E-state index contributed by atoms with van der Waals surface area (Å²) < 4.78 is 0. The Morgan fingerprint density at radius 1 is 1.36 bits per heavy atom. The Kier molecular flexibility index (Phi) is 9.69. The maximum absolute atomic E-state index is 12.0. The third-order valence-electron chi connectivity index (χ3n) is 4.01. The van der Waals surface area contributed by atoms with Crippen molar-refractivity contribution in [2.24, 2.45) is 5.73 Å². The number of rotatable bonds is 4. The highest BCUT2D eigenvalue weighted by atomic mass is 35.5. The predicted molar refractivity (Wildman–Crippen MR) is 95.7 cm³/mol. The minimum Gasteiger partial charge on any atom is -0.340 e. The predicted octanol–water partition coefficient (Wildman–Crippen LogP) is 2.30. The van der Waals surface area contributed by atoms with Crippen LogP contribution in [0.3, 0.4) is 0 Å². The number of benzene rings is 1. The summed E-state index contributed by atoms with van der Waals surface area (Å²) in [4.78, 5) is 16.2. The van der Waals surface area contributed by atoms with Crippen LogP contribution in [0.15, 0.2) is 30.3 Å². The number of hydrogen-bond donors (Lipinski definition) is 1. The number of amides is 1. The first-order valence-corrected chi connectivity index (χ1v) is 7.36. The summed E-state index contributed by atoms with van der Waals surface area (Å²) in [7, 11) is 1.88. The molecule has 0 bridgehead atoms. The molecule has 1 unspecified atom stereocenters. The SMILES string of the molecule is C[C@@H](N)C(=O)N(C)C1CCCN(Cc2ccccc2)C1.Cl.Cl. The van der Waals surface area contributed by atoms with Crippen LogP contribution in [-0.2, 0) is 11.3 Å². The molecule has 1 heterocycles. The molecule has 0 aliphatic carbocycles. The van der Waals surface area contributed by atoms with E-state index in [2.05, 4.69) is 29.2 Å². The zero-order valence-corrected chi connectivity index (χ0v) is 14.9. The number of carbonyl (C=O) groups is 1. The van der Waals surface area contributed by atoms with Crippen molar-refractivity contribution >= 4 is 30.7 Å². The molecule has 6 heteroatoms. The molecule has 1 aromatic rings. The fraction of sp³-hybridized carbons (Fsp3) is 0.562. The first kappa shape index (κ1) is 21.2. The van der Waals surface area contributed by atoms with Gasteiger partial charge in [0, 0.05) is 26.2 Å². The van der Waals surface area contributed by atoms with Gasteiger partial charge < -0.3 is 10.6 Å². The third kappa shape index (κ3) is 5.76. The molecule has 2 rings (SSSR count). The van der Waals surface area contributed by atoms with Gasteiger partial charge in [0.05, 0.1) is 6.04 Å². The second-order valence-electron chi connectivity index (χ2n) is 5.75. The topological polar surface area (TPSA) is 49.6 Å². The van der Waals surface area contributed by atoms with Crippen LogP contribution in [0.4, 0.5) is 0 Å². The van der Waals surface area contributed by atoms with E-state index in [4.69, 9.17) is 5.73 Å². The van der Waals surface area contributed by atoms with Crippen LogP contribution in [0.5, 0.6) is 0 Å². The monoisotopic (exact) mass is 347 g/mol. The molecule has 0 aromatic heterocycles. The van der Waals surface area contributed by atoms with E-state index in [9.17, 15) is 4.79 Å². The molecule has 1 aliphatic rings. The zero-order valence-electron chi connectivity index (χ0n) is 13.3. The van der Waals surface area contributed by atoms with Gasteiger partial charge in [0.15, 0.2) is 0 Å². The number of piperidine rings is 1. The third-order valence-corrected chi connectivity index (χ3v) is 4.01. The number of likely N-dealkylation sites (tertiary alicyclic amines) is 1. The van der Waals surface area contributed by atoms with Crippen molar-refractivity contribution in [3.63, 3.8) is 0 Å². The molecule has 0 saturated carbocycles. The normalized spacial score (nSPS) is 19.5. The first-order chi connectivity index (χ1) is 9.58. The van der Waals surface area contributed by atoms with Crippen LogP contribution in [-0.4, -0.2) is 47.9 Å². The lowest BCUT2D eigenvalue weighted by atomic mass is 10.0. The van der Waals surface area contributed by atoms with Gasteiger partial charge in [-0.15, -0.1) is 24.8 Å². The summed E-state index contributed by atoms with van der Waals surface area (Å²) in [6.45, 7) is 4.75. The average molecular weight is 348 g/mol. The molecule has 1 amide bonds. The Bertz CT molecular complexity index is 442. The second kappa shape index (κ2) is 10.1. The van der Waals surface area contributed by atoms with Crippen molar-refractivity contribution in [2.45, 2.75) is 38.4 Å². The van der Waals surface area contributed by atoms with Gasteiger partial charge in [-0.25, -0.2) is 0 Å². The molecule has 1 aliphatic heterocycles. The summed E-state index contributed by atoms with van der Waals surface area (Å²) in [6, 6.07) is 10.4. The van der Waals surface area contributed by atoms with Crippen LogP contribution >= 0.6 is 24.8 Å². The van der Waals surface area contributed by atoms with E-state index >= 15 is 0 Å². The van der Waals surface area contributed by atoms with E-state index < -0.39 is 6.04 Å². The quantitative estimate of drug-likeness (QED) is 0.908. The summed E-state index contributed by atoms with van der Waals surface area (Å²) in [5.41, 5.74) is 7.02. The summed E-state index contributed by atoms with van der Waals surface area (Å²) in [5, 5.41) is 0. The number of nitrogens with zero attached hydrogens (tertiary/aromatic N) is 2. The Morgan fingerprint density at radius 3 is 2.59 bits per heavy atom. The molecular weight excluding hydrogens is 321 g/mol. The summed E-state index contributed by atoms with van der Waals surface area (Å²) >= 11 is 0. The van der Waals surface area contributed by atoms with Crippen molar-refractivity contribution in [3.05, 3.63) is 35.9 Å². The van der Waals surface area contributed by atoms with Gasteiger partial charge in [0.25, 0.3) is 0 Å². The summed E-state index contributed by atoms with van der Waals surface area (Å²) in [5.74, 6) is 0.0385. The van der Waals surface area contributed by atoms with Gasteiger partial charge >= 0.3 is 0 Å². The maximum atomic E-state index is 12.0. The van der Waals surface area contributed by atoms with Crippen molar-refractivity contribution in [3.8, 4) is 0 Å². The van der Waals surface area contributed by atoms with Crippen LogP contribution in [0.25, 0.3) is 0 Å². The van der Waals surface area contributed by atoms with Gasteiger partial charge in [-0.2, -0.15) is 0 Å². The number of carbonyl (C=O) groups excluding carboxylic acids is 1. The lowest BCUT2D eigenvalue weighted by Crippen LogP contribution is -2.51. The van der Waals surface area contributed by atoms with Gasteiger partial charge in [0.2, 0.25) is 5.91 Å². The van der Waals surface area contributed by atoms with Crippen molar-refractivity contribution < 1.29 is 4.79 Å². The fourth-order valence-corrected chi connectivity index (χ4v) is 2.83. The smallest absolute Gasteiger partial charge is 0.239 e. The maximum Gasteiger partial charge on any atom is 0.239 e. The van der Waals surface area contributed by atoms with E-state index in [1.54, 1.807) is 6.92 Å². The van der Waals surface area contributed by atoms with Crippen LogP contribution in [0.1, 0.15) is 25.3 Å². The molecule has 1 saturated heterocycles. The highest BCUT2D eigenvalue weighted by Crippen LogP contribution is 2.17. The molecule has 1 aromatic carbocycles. The fourth-order valence-electron chi connectivity index (χ4n) is 2.83. The molecule has 126 valence electrons. The summed E-state index contributed by atoms with van der Waals surface area (Å²) in [6.07, 6.45) is 2.20. The first-order valence-electron chi connectivity index (χ1n) is 7.36. The van der Waals surface area contributed by atoms with Crippen LogP contribution < -0.4 is 5.73 Å². The molecule has 1 fully saturated rings. The molecule has 4 nitrogen and oxygen atoms in total. The number of nitrogens with two attached hydrogens (primary N) is 1. The van der Waals surface area contributed by atoms with Gasteiger partial charge in [0.1, 0.15) is 0 Å². The van der Waals surface area contributed by atoms with E-state index in [1.165, 1.54) is 5.56 Å². The standard InChI is InChI=1S/C16H25N3O.2ClH/c1-13(17)16(20)18(2)15-9-6-10-19(12-15)11-14-7-4-3-5-8-14;;/h3-5,7-8,13,15H,6,9-12,17H2,1-2H3;2*1H/t13-,15?;;/m1../s1. The Balaban J connectivity index is 0.00000220. The molecule has 0 radical (unpaired) electrons. The van der Waals surface area contributed by atoms with Gasteiger partial charge in [-0.05, 0) is 31.9 Å². The lowest BCUT2D eigenvalue weighted by Gasteiger charge is -2.38. The molecule has 2 atom stereocenters. The van der Waals surface area contributed by atoms with Crippen LogP contribution in [0, 0.1) is 0 Å². The highest BCUT2D eigenvalue weighted by molar-refractivity contribution is 5.85. The van der Waals surface area contributed by atoms with Gasteiger partial charge in [-0.1, -0.05) is 30.3 Å². The van der Waals surface area contributed by atoms with E-state index in [0.29, 0.717) is 0 Å². The molecule has 2 N–H and O–H groups in total. The second-order valence-corrected chi connectivity index (χ2v) is 5.75. The minimum absolute atomic E-state index is 0. The minimum atomic E-state index is -0.413. The van der Waals surface area contributed by atoms with E-state index in [1.807, 2.05) is 18.0 Å². The highest BCUT2D eigenvalue weighted by Gasteiger charge is 2.27. The zero-order chi connectivity index (χ0) is 14.5. The van der Waals surface area contributed by atoms with E-state index in [-0.39, 0.29) is 36.8 Å². The molecular formula is C16H27Cl2N3O. The van der Waals surface area contributed by atoms with Crippen LogP contribution in [0.2, 0.25) is 0 Å².